The minimum Gasteiger partial charge on any atom is -0.497 e. The normalized spacial score (nSPS) is 14.2. The molecule has 1 aliphatic rings. The van der Waals surface area contributed by atoms with Crippen LogP contribution in [0.5, 0.6) is 5.75 Å². The first-order chi connectivity index (χ1) is 13.7. The standard InChI is InChI=1S/C21H19N3O4/c1-27-17-9-5-8-16(12-17)24-11-10-23(14-20(24)25)21(26)18-13-19(28-22-18)15-6-3-2-4-7-15/h2-9,12-13H,10-11,14H2,1H3. The summed E-state index contributed by atoms with van der Waals surface area (Å²) in [6, 6.07) is 18.3. The molecule has 0 bridgehead atoms. The van der Waals surface area contributed by atoms with Crippen molar-refractivity contribution in [2.75, 3.05) is 31.6 Å². The Hall–Kier alpha value is -3.61. The topological polar surface area (TPSA) is 75.9 Å². The van der Waals surface area contributed by atoms with Crippen LogP contribution in [0.25, 0.3) is 11.3 Å². The van der Waals surface area contributed by atoms with E-state index in [1.807, 2.05) is 48.5 Å². The van der Waals surface area contributed by atoms with E-state index in [0.29, 0.717) is 24.6 Å². The summed E-state index contributed by atoms with van der Waals surface area (Å²) in [5.41, 5.74) is 1.79. The molecule has 0 unspecified atom stereocenters. The molecular formula is C21H19N3O4. The predicted molar refractivity (Wildman–Crippen MR) is 103 cm³/mol. The fourth-order valence-corrected chi connectivity index (χ4v) is 3.17. The molecular weight excluding hydrogens is 358 g/mol. The van der Waals surface area contributed by atoms with Crippen LogP contribution in [0.1, 0.15) is 10.5 Å². The molecule has 3 aromatic rings. The Bertz CT molecular complexity index is 1000. The van der Waals surface area contributed by atoms with Gasteiger partial charge in [0.25, 0.3) is 5.91 Å². The summed E-state index contributed by atoms with van der Waals surface area (Å²) in [5.74, 6) is 0.731. The highest BCUT2D eigenvalue weighted by Gasteiger charge is 2.30. The van der Waals surface area contributed by atoms with E-state index in [9.17, 15) is 9.59 Å². The van der Waals surface area contributed by atoms with Gasteiger partial charge < -0.3 is 19.1 Å². The van der Waals surface area contributed by atoms with Gasteiger partial charge in [-0.1, -0.05) is 41.6 Å². The first kappa shape index (κ1) is 17.8. The number of ether oxygens (including phenoxy) is 1. The molecule has 0 N–H and O–H groups in total. The van der Waals surface area contributed by atoms with Gasteiger partial charge in [0, 0.05) is 36.5 Å². The molecule has 2 aromatic carbocycles. The SMILES string of the molecule is COc1cccc(N2CCN(C(=O)c3cc(-c4ccccc4)on3)CC2=O)c1. The smallest absolute Gasteiger partial charge is 0.276 e. The zero-order valence-corrected chi connectivity index (χ0v) is 15.4. The third-order valence-corrected chi connectivity index (χ3v) is 4.66. The van der Waals surface area contributed by atoms with Crippen LogP contribution < -0.4 is 9.64 Å². The van der Waals surface area contributed by atoms with E-state index >= 15 is 0 Å². The molecule has 142 valence electrons. The Labute approximate surface area is 162 Å². The second kappa shape index (κ2) is 7.56. The van der Waals surface area contributed by atoms with Gasteiger partial charge in [-0.25, -0.2) is 0 Å². The Morgan fingerprint density at radius 3 is 2.64 bits per heavy atom. The van der Waals surface area contributed by atoms with Crippen molar-refractivity contribution in [3.05, 3.63) is 66.4 Å². The highest BCUT2D eigenvalue weighted by atomic mass is 16.5. The van der Waals surface area contributed by atoms with Crippen molar-refractivity contribution < 1.29 is 18.8 Å². The molecule has 1 aromatic heterocycles. The Morgan fingerprint density at radius 2 is 1.89 bits per heavy atom. The van der Waals surface area contributed by atoms with Gasteiger partial charge in [0.2, 0.25) is 5.91 Å². The third kappa shape index (κ3) is 3.46. The maximum Gasteiger partial charge on any atom is 0.276 e. The summed E-state index contributed by atoms with van der Waals surface area (Å²) in [4.78, 5) is 28.5. The van der Waals surface area contributed by atoms with Crippen LogP contribution in [-0.4, -0.2) is 48.6 Å². The number of hydrogen-bond donors (Lipinski definition) is 0. The molecule has 7 nitrogen and oxygen atoms in total. The van der Waals surface area contributed by atoms with Crippen molar-refractivity contribution in [3.8, 4) is 17.1 Å². The Balaban J connectivity index is 1.46. The van der Waals surface area contributed by atoms with Crippen LogP contribution in [0.15, 0.2) is 65.2 Å². The summed E-state index contributed by atoms with van der Waals surface area (Å²) in [5, 5.41) is 3.88. The average Bonchev–Trinajstić information content (AvgIpc) is 3.24. The number of rotatable bonds is 4. The molecule has 28 heavy (non-hydrogen) atoms. The van der Waals surface area contributed by atoms with Gasteiger partial charge in [0.1, 0.15) is 12.3 Å². The number of anilines is 1. The third-order valence-electron chi connectivity index (χ3n) is 4.66. The fraction of sp³-hybridized carbons (Fsp3) is 0.190. The highest BCUT2D eigenvalue weighted by Crippen LogP contribution is 2.24. The summed E-state index contributed by atoms with van der Waals surface area (Å²) in [7, 11) is 1.58. The molecule has 0 saturated carbocycles. The summed E-state index contributed by atoms with van der Waals surface area (Å²) >= 11 is 0. The summed E-state index contributed by atoms with van der Waals surface area (Å²) < 4.78 is 10.5. The van der Waals surface area contributed by atoms with Crippen LogP contribution in [-0.2, 0) is 4.79 Å². The van der Waals surface area contributed by atoms with Crippen LogP contribution in [0.4, 0.5) is 5.69 Å². The molecule has 2 heterocycles. The second-order valence-electron chi connectivity index (χ2n) is 6.42. The number of hydrogen-bond acceptors (Lipinski definition) is 5. The Kier molecular flexibility index (Phi) is 4.80. The zero-order chi connectivity index (χ0) is 19.5. The summed E-state index contributed by atoms with van der Waals surface area (Å²) in [6.45, 7) is 0.806. The minimum absolute atomic E-state index is 0.0103. The van der Waals surface area contributed by atoms with Crippen LogP contribution in [0, 0.1) is 0 Å². The largest absolute Gasteiger partial charge is 0.497 e. The van der Waals surface area contributed by atoms with Gasteiger partial charge in [0.05, 0.1) is 7.11 Å². The molecule has 0 radical (unpaired) electrons. The van der Waals surface area contributed by atoms with Gasteiger partial charge in [-0.15, -0.1) is 0 Å². The highest BCUT2D eigenvalue weighted by molar-refractivity contribution is 6.01. The first-order valence-corrected chi connectivity index (χ1v) is 8.91. The van der Waals surface area contributed by atoms with Gasteiger partial charge in [0.15, 0.2) is 11.5 Å². The van der Waals surface area contributed by atoms with Gasteiger partial charge in [-0.2, -0.15) is 0 Å². The molecule has 0 aliphatic carbocycles. The second-order valence-corrected chi connectivity index (χ2v) is 6.42. The molecule has 0 atom stereocenters. The predicted octanol–water partition coefficient (Wildman–Crippen LogP) is 2.84. The van der Waals surface area contributed by atoms with Crippen LogP contribution >= 0.6 is 0 Å². The maximum atomic E-state index is 12.7. The first-order valence-electron chi connectivity index (χ1n) is 8.91. The minimum atomic E-state index is -0.315. The lowest BCUT2D eigenvalue weighted by Crippen LogP contribution is -2.52. The van der Waals surface area contributed by atoms with E-state index < -0.39 is 0 Å². The lowest BCUT2D eigenvalue weighted by molar-refractivity contribution is -0.120. The summed E-state index contributed by atoms with van der Waals surface area (Å²) in [6.07, 6.45) is 0. The molecule has 7 heteroatoms. The molecule has 1 aliphatic heterocycles. The van der Waals surface area contributed by atoms with Crippen molar-refractivity contribution >= 4 is 17.5 Å². The number of nitrogens with zero attached hydrogens (tertiary/aromatic N) is 3. The van der Waals surface area contributed by atoms with Crippen LogP contribution in [0.2, 0.25) is 0 Å². The van der Waals surface area contributed by atoms with E-state index in [0.717, 1.165) is 11.3 Å². The van der Waals surface area contributed by atoms with Crippen molar-refractivity contribution in [3.63, 3.8) is 0 Å². The van der Waals surface area contributed by atoms with Crippen molar-refractivity contribution in [1.29, 1.82) is 0 Å². The quantitative estimate of drug-likeness (QED) is 0.699. The van der Waals surface area contributed by atoms with Crippen molar-refractivity contribution in [1.82, 2.24) is 10.1 Å². The lowest BCUT2D eigenvalue weighted by atomic mass is 10.1. The van der Waals surface area contributed by atoms with Crippen molar-refractivity contribution in [2.24, 2.45) is 0 Å². The van der Waals surface area contributed by atoms with Gasteiger partial charge in [-0.05, 0) is 12.1 Å². The number of benzene rings is 2. The number of carbonyl (C=O) groups excluding carboxylic acids is 2. The maximum absolute atomic E-state index is 12.7. The number of methoxy groups -OCH3 is 1. The molecule has 2 amide bonds. The van der Waals surface area contributed by atoms with Gasteiger partial charge in [-0.3, -0.25) is 9.59 Å². The number of carbonyl (C=O) groups is 2. The number of amides is 2. The van der Waals surface area contributed by atoms with E-state index in [-0.39, 0.29) is 24.1 Å². The number of piperazine rings is 1. The molecule has 1 saturated heterocycles. The van der Waals surface area contributed by atoms with E-state index in [2.05, 4.69) is 5.16 Å². The average molecular weight is 377 g/mol. The monoisotopic (exact) mass is 377 g/mol. The van der Waals surface area contributed by atoms with E-state index in [1.165, 1.54) is 4.90 Å². The molecule has 0 spiro atoms. The van der Waals surface area contributed by atoms with Crippen LogP contribution in [0.3, 0.4) is 0 Å². The Morgan fingerprint density at radius 1 is 1.07 bits per heavy atom. The van der Waals surface area contributed by atoms with Gasteiger partial charge >= 0.3 is 0 Å². The fourth-order valence-electron chi connectivity index (χ4n) is 3.17. The van der Waals surface area contributed by atoms with E-state index in [4.69, 9.17) is 9.26 Å². The van der Waals surface area contributed by atoms with Crippen molar-refractivity contribution in [2.45, 2.75) is 0 Å². The molecule has 4 rings (SSSR count). The zero-order valence-electron chi connectivity index (χ0n) is 15.4. The molecule has 1 fully saturated rings. The van der Waals surface area contributed by atoms with E-state index in [1.54, 1.807) is 24.1 Å². The number of aromatic nitrogens is 1. The lowest BCUT2D eigenvalue weighted by Gasteiger charge is -2.34.